The maximum atomic E-state index is 11.7. The van der Waals surface area contributed by atoms with E-state index in [2.05, 4.69) is 10.6 Å². The molecule has 4 N–H and O–H groups in total. The number of nitrogens with two attached hydrogens (primary N) is 1. The molecular weight excluding hydrogens is 246 g/mol. The number of rotatable bonds is 10. The van der Waals surface area contributed by atoms with Crippen LogP contribution in [0.5, 0.6) is 0 Å². The Morgan fingerprint density at radius 3 is 2.42 bits per heavy atom. The van der Waals surface area contributed by atoms with Crippen molar-refractivity contribution in [1.82, 2.24) is 10.6 Å². The summed E-state index contributed by atoms with van der Waals surface area (Å²) in [6.45, 7) is 4.49. The van der Waals surface area contributed by atoms with Crippen molar-refractivity contribution < 1.29 is 14.3 Å². The number of methoxy groups -OCH3 is 1. The Hall–Kier alpha value is -1.14. The van der Waals surface area contributed by atoms with Gasteiger partial charge >= 0.3 is 5.97 Å². The first-order valence-corrected chi connectivity index (χ1v) is 6.71. The molecule has 0 spiro atoms. The van der Waals surface area contributed by atoms with Gasteiger partial charge in [-0.25, -0.2) is 0 Å². The van der Waals surface area contributed by atoms with Gasteiger partial charge in [0, 0.05) is 0 Å². The third-order valence-corrected chi connectivity index (χ3v) is 3.31. The fourth-order valence-electron chi connectivity index (χ4n) is 2.13. The maximum Gasteiger partial charge on any atom is 0.325 e. The zero-order chi connectivity index (χ0) is 14.9. The van der Waals surface area contributed by atoms with Crippen LogP contribution in [-0.4, -0.2) is 44.2 Å². The monoisotopic (exact) mass is 273 g/mol. The SMILES string of the molecule is CCNC(C)(CCCCC(NC)C(N)=O)C(=O)OC. The highest BCUT2D eigenvalue weighted by atomic mass is 16.5. The van der Waals surface area contributed by atoms with E-state index in [-0.39, 0.29) is 17.9 Å². The standard InChI is InChI=1S/C13H27N3O3/c1-5-16-13(2,12(18)19-4)9-7-6-8-10(15-3)11(14)17/h10,15-16H,5-9H2,1-4H3,(H2,14,17). The van der Waals surface area contributed by atoms with Gasteiger partial charge in [0.25, 0.3) is 0 Å². The van der Waals surface area contributed by atoms with E-state index in [0.29, 0.717) is 19.4 Å². The smallest absolute Gasteiger partial charge is 0.325 e. The van der Waals surface area contributed by atoms with Crippen molar-refractivity contribution in [2.45, 2.75) is 51.1 Å². The van der Waals surface area contributed by atoms with Gasteiger partial charge in [-0.15, -0.1) is 0 Å². The minimum absolute atomic E-state index is 0.255. The van der Waals surface area contributed by atoms with Gasteiger partial charge in [-0.1, -0.05) is 19.8 Å². The van der Waals surface area contributed by atoms with Crippen LogP contribution in [0.15, 0.2) is 0 Å². The molecule has 19 heavy (non-hydrogen) atoms. The lowest BCUT2D eigenvalue weighted by Gasteiger charge is -2.27. The van der Waals surface area contributed by atoms with Gasteiger partial charge < -0.3 is 21.1 Å². The summed E-state index contributed by atoms with van der Waals surface area (Å²) >= 11 is 0. The van der Waals surface area contributed by atoms with Crippen LogP contribution in [-0.2, 0) is 14.3 Å². The normalized spacial score (nSPS) is 15.6. The predicted molar refractivity (Wildman–Crippen MR) is 74.6 cm³/mol. The molecule has 0 aromatic heterocycles. The van der Waals surface area contributed by atoms with E-state index in [4.69, 9.17) is 10.5 Å². The molecule has 0 bridgehead atoms. The molecule has 0 fully saturated rings. The molecule has 0 aliphatic rings. The highest BCUT2D eigenvalue weighted by molar-refractivity contribution is 5.80. The summed E-state index contributed by atoms with van der Waals surface area (Å²) in [5, 5.41) is 6.03. The molecule has 0 saturated carbocycles. The molecule has 0 aliphatic carbocycles. The molecule has 0 heterocycles. The van der Waals surface area contributed by atoms with E-state index in [1.165, 1.54) is 7.11 Å². The lowest BCUT2D eigenvalue weighted by Crippen LogP contribution is -2.50. The van der Waals surface area contributed by atoms with Gasteiger partial charge in [0.2, 0.25) is 5.91 Å². The van der Waals surface area contributed by atoms with Crippen LogP contribution >= 0.6 is 0 Å². The summed E-state index contributed by atoms with van der Waals surface area (Å²) in [5.74, 6) is -0.598. The second-order valence-corrected chi connectivity index (χ2v) is 4.84. The molecule has 0 saturated heterocycles. The van der Waals surface area contributed by atoms with Gasteiger partial charge in [-0.2, -0.15) is 0 Å². The largest absolute Gasteiger partial charge is 0.468 e. The minimum Gasteiger partial charge on any atom is -0.468 e. The van der Waals surface area contributed by atoms with E-state index < -0.39 is 5.54 Å². The fraction of sp³-hybridized carbons (Fsp3) is 0.846. The van der Waals surface area contributed by atoms with Crippen LogP contribution in [0.2, 0.25) is 0 Å². The number of carbonyl (C=O) groups is 2. The van der Waals surface area contributed by atoms with Gasteiger partial charge in [-0.05, 0) is 33.4 Å². The van der Waals surface area contributed by atoms with E-state index in [1.807, 2.05) is 13.8 Å². The first-order chi connectivity index (χ1) is 8.91. The Labute approximate surface area is 115 Å². The number of unbranched alkanes of at least 4 members (excludes halogenated alkanes) is 1. The van der Waals surface area contributed by atoms with Crippen LogP contribution in [0, 0.1) is 0 Å². The third kappa shape index (κ3) is 6.02. The van der Waals surface area contributed by atoms with Crippen molar-refractivity contribution in [2.24, 2.45) is 5.73 Å². The Morgan fingerprint density at radius 2 is 2.00 bits per heavy atom. The molecule has 1 amide bonds. The van der Waals surface area contributed by atoms with Gasteiger partial charge in [0.05, 0.1) is 13.2 Å². The van der Waals surface area contributed by atoms with E-state index >= 15 is 0 Å². The zero-order valence-electron chi connectivity index (χ0n) is 12.4. The van der Waals surface area contributed by atoms with E-state index in [0.717, 1.165) is 12.8 Å². The van der Waals surface area contributed by atoms with Crippen molar-refractivity contribution >= 4 is 11.9 Å². The molecule has 6 nitrogen and oxygen atoms in total. The Balaban J connectivity index is 4.20. The summed E-state index contributed by atoms with van der Waals surface area (Å²) in [7, 11) is 3.11. The average Bonchev–Trinajstić information content (AvgIpc) is 2.37. The zero-order valence-corrected chi connectivity index (χ0v) is 12.4. The summed E-state index contributed by atoms with van der Waals surface area (Å²) < 4.78 is 4.82. The van der Waals surface area contributed by atoms with Crippen molar-refractivity contribution in [3.8, 4) is 0 Å². The number of hydrogen-bond acceptors (Lipinski definition) is 5. The van der Waals surface area contributed by atoms with Crippen LogP contribution in [0.1, 0.15) is 39.5 Å². The summed E-state index contributed by atoms with van der Waals surface area (Å²) in [5.41, 5.74) is 4.58. The number of amides is 1. The maximum absolute atomic E-state index is 11.7. The molecule has 0 radical (unpaired) electrons. The molecule has 2 atom stereocenters. The summed E-state index contributed by atoms with van der Waals surface area (Å²) in [6.07, 6.45) is 2.99. The molecular formula is C13H27N3O3. The predicted octanol–water partition coefficient (Wildman–Crippen LogP) is 0.161. The summed E-state index contributed by atoms with van der Waals surface area (Å²) in [6, 6.07) is -0.302. The van der Waals surface area contributed by atoms with Gasteiger partial charge in [0.1, 0.15) is 5.54 Å². The van der Waals surface area contributed by atoms with Crippen LogP contribution in [0.3, 0.4) is 0 Å². The topological polar surface area (TPSA) is 93.5 Å². The van der Waals surface area contributed by atoms with Gasteiger partial charge in [0.15, 0.2) is 0 Å². The first-order valence-electron chi connectivity index (χ1n) is 6.71. The molecule has 0 aliphatic heterocycles. The van der Waals surface area contributed by atoms with Crippen LogP contribution < -0.4 is 16.4 Å². The number of carbonyl (C=O) groups excluding carboxylic acids is 2. The number of primary amides is 1. The molecule has 112 valence electrons. The molecule has 0 aromatic carbocycles. The molecule has 0 aromatic rings. The minimum atomic E-state index is -0.661. The molecule has 0 rings (SSSR count). The second-order valence-electron chi connectivity index (χ2n) is 4.84. The Bertz CT molecular complexity index is 297. The number of nitrogens with one attached hydrogen (secondary N) is 2. The number of ether oxygens (including phenoxy) is 1. The highest BCUT2D eigenvalue weighted by Gasteiger charge is 2.32. The first kappa shape index (κ1) is 17.9. The fourth-order valence-corrected chi connectivity index (χ4v) is 2.13. The second kappa shape index (κ2) is 8.87. The number of hydrogen-bond donors (Lipinski definition) is 3. The quantitative estimate of drug-likeness (QED) is 0.389. The molecule has 6 heteroatoms. The summed E-state index contributed by atoms with van der Waals surface area (Å²) in [4.78, 5) is 22.8. The lowest BCUT2D eigenvalue weighted by atomic mass is 9.93. The van der Waals surface area contributed by atoms with Crippen LogP contribution in [0.4, 0.5) is 0 Å². The van der Waals surface area contributed by atoms with Gasteiger partial charge in [-0.3, -0.25) is 9.59 Å². The number of esters is 1. The van der Waals surface area contributed by atoms with Crippen molar-refractivity contribution in [3.05, 3.63) is 0 Å². The highest BCUT2D eigenvalue weighted by Crippen LogP contribution is 2.17. The average molecular weight is 273 g/mol. The third-order valence-electron chi connectivity index (χ3n) is 3.31. The van der Waals surface area contributed by atoms with Crippen molar-refractivity contribution in [2.75, 3.05) is 20.7 Å². The molecule has 2 unspecified atom stereocenters. The van der Waals surface area contributed by atoms with E-state index in [9.17, 15) is 9.59 Å². The Morgan fingerprint density at radius 1 is 1.37 bits per heavy atom. The Kier molecular flexibility index (Phi) is 8.34. The van der Waals surface area contributed by atoms with Crippen molar-refractivity contribution in [1.29, 1.82) is 0 Å². The number of likely N-dealkylation sites (N-methyl/N-ethyl adjacent to an activating group) is 2. The van der Waals surface area contributed by atoms with Crippen molar-refractivity contribution in [3.63, 3.8) is 0 Å². The lowest BCUT2D eigenvalue weighted by molar-refractivity contribution is -0.148. The van der Waals surface area contributed by atoms with E-state index in [1.54, 1.807) is 7.05 Å². The van der Waals surface area contributed by atoms with Crippen LogP contribution in [0.25, 0.3) is 0 Å².